The van der Waals surface area contributed by atoms with Crippen LogP contribution < -0.4 is 15.4 Å². The highest BCUT2D eigenvalue weighted by molar-refractivity contribution is 7.89. The molecule has 1 saturated heterocycles. The van der Waals surface area contributed by atoms with Crippen LogP contribution in [0.1, 0.15) is 37.0 Å². The van der Waals surface area contributed by atoms with Crippen molar-refractivity contribution in [3.8, 4) is 0 Å². The molecule has 1 amide bonds. The minimum absolute atomic E-state index is 0.104. The molecule has 1 aromatic carbocycles. The van der Waals surface area contributed by atoms with E-state index < -0.39 is 10.0 Å². The summed E-state index contributed by atoms with van der Waals surface area (Å²) in [4.78, 5) is 12.3. The molecular formula is C15H23N3O3S. The summed E-state index contributed by atoms with van der Waals surface area (Å²) in [6.07, 6.45) is 2.17. The van der Waals surface area contributed by atoms with Gasteiger partial charge >= 0.3 is 0 Å². The Balaban J connectivity index is 2.05. The molecule has 22 heavy (non-hydrogen) atoms. The summed E-state index contributed by atoms with van der Waals surface area (Å²) in [6.45, 7) is 5.04. The van der Waals surface area contributed by atoms with Gasteiger partial charge in [0.25, 0.3) is 5.91 Å². The van der Waals surface area contributed by atoms with Gasteiger partial charge in [-0.1, -0.05) is 6.07 Å². The molecule has 1 aliphatic rings. The summed E-state index contributed by atoms with van der Waals surface area (Å²) in [5.74, 6) is -0.254. The fourth-order valence-electron chi connectivity index (χ4n) is 2.43. The van der Waals surface area contributed by atoms with Gasteiger partial charge in [0.15, 0.2) is 0 Å². The molecule has 1 atom stereocenters. The molecule has 122 valence electrons. The average Bonchev–Trinajstić information content (AvgIpc) is 2.97. The van der Waals surface area contributed by atoms with Gasteiger partial charge in [0.05, 0.1) is 4.90 Å². The highest BCUT2D eigenvalue weighted by atomic mass is 32.2. The summed E-state index contributed by atoms with van der Waals surface area (Å²) in [7, 11) is -3.59. The molecule has 7 heteroatoms. The second kappa shape index (κ2) is 7.21. The SMILES string of the molecule is CC(C)NS(=O)(=O)c1cccc(C(=O)NCC2CCCN2)c1. The number of carbonyl (C=O) groups excluding carboxylic acids is 1. The third-order valence-corrected chi connectivity index (χ3v) is 5.13. The van der Waals surface area contributed by atoms with Crippen molar-refractivity contribution in [1.82, 2.24) is 15.4 Å². The lowest BCUT2D eigenvalue weighted by molar-refractivity contribution is 0.0950. The fraction of sp³-hybridized carbons (Fsp3) is 0.533. The van der Waals surface area contributed by atoms with Gasteiger partial charge in [-0.05, 0) is 51.4 Å². The number of sulfonamides is 1. The monoisotopic (exact) mass is 325 g/mol. The summed E-state index contributed by atoms with van der Waals surface area (Å²) < 4.78 is 26.8. The maximum Gasteiger partial charge on any atom is 0.251 e. The molecule has 0 aliphatic carbocycles. The number of nitrogens with one attached hydrogen (secondary N) is 3. The van der Waals surface area contributed by atoms with Gasteiger partial charge in [-0.3, -0.25) is 4.79 Å². The van der Waals surface area contributed by atoms with Crippen LogP contribution in [0.15, 0.2) is 29.2 Å². The molecule has 1 fully saturated rings. The van der Waals surface area contributed by atoms with Gasteiger partial charge in [0.1, 0.15) is 0 Å². The smallest absolute Gasteiger partial charge is 0.251 e. The number of amides is 1. The van der Waals surface area contributed by atoms with Gasteiger partial charge in [-0.2, -0.15) is 0 Å². The Morgan fingerprint density at radius 3 is 2.82 bits per heavy atom. The van der Waals surface area contributed by atoms with Crippen LogP contribution in [0.5, 0.6) is 0 Å². The highest BCUT2D eigenvalue weighted by Gasteiger charge is 2.18. The van der Waals surface area contributed by atoms with Gasteiger partial charge in [-0.15, -0.1) is 0 Å². The van der Waals surface area contributed by atoms with Crippen LogP contribution in [0.3, 0.4) is 0 Å². The third kappa shape index (κ3) is 4.53. The summed E-state index contributed by atoms with van der Waals surface area (Å²) in [6, 6.07) is 6.19. The molecule has 1 aromatic rings. The Hall–Kier alpha value is -1.44. The normalized spacial score (nSPS) is 18.6. The quantitative estimate of drug-likeness (QED) is 0.724. The van der Waals surface area contributed by atoms with Crippen molar-refractivity contribution >= 4 is 15.9 Å². The van der Waals surface area contributed by atoms with Crippen molar-refractivity contribution in [1.29, 1.82) is 0 Å². The van der Waals surface area contributed by atoms with E-state index in [0.717, 1.165) is 19.4 Å². The lowest BCUT2D eigenvalue weighted by Gasteiger charge is -2.13. The van der Waals surface area contributed by atoms with Crippen LogP contribution in [0.4, 0.5) is 0 Å². The standard InChI is InChI=1S/C15H23N3O3S/c1-11(2)18-22(20,21)14-7-3-5-12(9-14)15(19)17-10-13-6-4-8-16-13/h3,5,7,9,11,13,16,18H,4,6,8,10H2,1-2H3,(H,17,19). The predicted octanol–water partition coefficient (Wildman–Crippen LogP) is 0.855. The first-order valence-corrected chi connectivity index (χ1v) is 9.01. The Labute approximate surface area is 131 Å². The largest absolute Gasteiger partial charge is 0.350 e. The van der Waals surface area contributed by atoms with Gasteiger partial charge in [-0.25, -0.2) is 13.1 Å². The van der Waals surface area contributed by atoms with E-state index in [1.165, 1.54) is 12.1 Å². The zero-order chi connectivity index (χ0) is 16.2. The van der Waals surface area contributed by atoms with Crippen LogP contribution in [-0.2, 0) is 10.0 Å². The number of hydrogen-bond donors (Lipinski definition) is 3. The Kier molecular flexibility index (Phi) is 5.55. The zero-order valence-electron chi connectivity index (χ0n) is 12.9. The molecule has 2 rings (SSSR count). The van der Waals surface area contributed by atoms with E-state index in [0.29, 0.717) is 18.2 Å². The first-order valence-electron chi connectivity index (χ1n) is 7.52. The van der Waals surface area contributed by atoms with E-state index in [2.05, 4.69) is 15.4 Å². The van der Waals surface area contributed by atoms with Crippen LogP contribution in [0.25, 0.3) is 0 Å². The highest BCUT2D eigenvalue weighted by Crippen LogP contribution is 2.12. The molecule has 0 aromatic heterocycles. The topological polar surface area (TPSA) is 87.3 Å². The lowest BCUT2D eigenvalue weighted by Crippen LogP contribution is -2.37. The molecule has 1 unspecified atom stereocenters. The minimum Gasteiger partial charge on any atom is -0.350 e. The Bertz CT molecular complexity index is 623. The van der Waals surface area contributed by atoms with E-state index in [9.17, 15) is 13.2 Å². The molecule has 3 N–H and O–H groups in total. The molecular weight excluding hydrogens is 302 g/mol. The third-order valence-electron chi connectivity index (χ3n) is 3.47. The van der Waals surface area contributed by atoms with Gasteiger partial charge in [0.2, 0.25) is 10.0 Å². The second-order valence-electron chi connectivity index (χ2n) is 5.81. The minimum atomic E-state index is -3.59. The molecule has 0 spiro atoms. The van der Waals surface area contributed by atoms with Crippen LogP contribution >= 0.6 is 0 Å². The van der Waals surface area contributed by atoms with Crippen LogP contribution in [-0.4, -0.2) is 39.5 Å². The lowest BCUT2D eigenvalue weighted by atomic mass is 10.2. The van der Waals surface area contributed by atoms with E-state index in [1.54, 1.807) is 26.0 Å². The Morgan fingerprint density at radius 1 is 1.41 bits per heavy atom. The number of hydrogen-bond acceptors (Lipinski definition) is 4. The fourth-order valence-corrected chi connectivity index (χ4v) is 3.73. The summed E-state index contributed by atoms with van der Waals surface area (Å²) in [5, 5.41) is 6.14. The average molecular weight is 325 g/mol. The number of rotatable bonds is 6. The summed E-state index contributed by atoms with van der Waals surface area (Å²) >= 11 is 0. The number of carbonyl (C=O) groups is 1. The second-order valence-corrected chi connectivity index (χ2v) is 7.52. The van der Waals surface area contributed by atoms with Crippen molar-refractivity contribution in [3.05, 3.63) is 29.8 Å². The Morgan fingerprint density at radius 2 is 2.18 bits per heavy atom. The number of benzene rings is 1. The summed E-state index contributed by atoms with van der Waals surface area (Å²) in [5.41, 5.74) is 0.352. The molecule has 6 nitrogen and oxygen atoms in total. The predicted molar refractivity (Wildman–Crippen MR) is 85.3 cm³/mol. The van der Waals surface area contributed by atoms with Crippen molar-refractivity contribution in [2.24, 2.45) is 0 Å². The zero-order valence-corrected chi connectivity index (χ0v) is 13.7. The van der Waals surface area contributed by atoms with Gasteiger partial charge in [0, 0.05) is 24.2 Å². The van der Waals surface area contributed by atoms with E-state index in [1.807, 2.05) is 0 Å². The molecule has 0 radical (unpaired) electrons. The van der Waals surface area contributed by atoms with Crippen LogP contribution in [0.2, 0.25) is 0 Å². The van der Waals surface area contributed by atoms with E-state index in [-0.39, 0.29) is 16.8 Å². The maximum atomic E-state index is 12.1. The first-order chi connectivity index (χ1) is 10.4. The van der Waals surface area contributed by atoms with Crippen LogP contribution in [0, 0.1) is 0 Å². The van der Waals surface area contributed by atoms with E-state index >= 15 is 0 Å². The van der Waals surface area contributed by atoms with E-state index in [4.69, 9.17) is 0 Å². The molecule has 0 saturated carbocycles. The van der Waals surface area contributed by atoms with Crippen molar-refractivity contribution < 1.29 is 13.2 Å². The first kappa shape index (κ1) is 16.9. The van der Waals surface area contributed by atoms with Gasteiger partial charge < -0.3 is 10.6 Å². The molecule has 0 bridgehead atoms. The maximum absolute atomic E-state index is 12.1. The van der Waals surface area contributed by atoms with Crippen molar-refractivity contribution in [2.75, 3.05) is 13.1 Å². The molecule has 1 aliphatic heterocycles. The van der Waals surface area contributed by atoms with Crippen molar-refractivity contribution in [2.45, 2.75) is 43.7 Å². The van der Waals surface area contributed by atoms with Crippen molar-refractivity contribution in [3.63, 3.8) is 0 Å². The molecule has 1 heterocycles.